The number of hydrogen-bond acceptors (Lipinski definition) is 5. The van der Waals surface area contributed by atoms with Crippen LogP contribution in [0.15, 0.2) is 41.5 Å². The number of benzene rings is 2. The quantitative estimate of drug-likeness (QED) is 0.499. The molecule has 0 bridgehead atoms. The maximum absolute atomic E-state index is 11.9. The van der Waals surface area contributed by atoms with E-state index < -0.39 is 22.3 Å². The van der Waals surface area contributed by atoms with E-state index in [0.717, 1.165) is 12.1 Å². The summed E-state index contributed by atoms with van der Waals surface area (Å²) in [6.45, 7) is 0. The van der Waals surface area contributed by atoms with Crippen LogP contribution in [0.3, 0.4) is 0 Å². The lowest BCUT2D eigenvalue weighted by Gasteiger charge is -2.03. The Morgan fingerprint density at radius 2 is 2.00 bits per heavy atom. The summed E-state index contributed by atoms with van der Waals surface area (Å²) in [7, 11) is 0. The molecule has 0 fully saturated rings. The number of carbonyl (C=O) groups excluding carboxylic acids is 1. The predicted molar refractivity (Wildman–Crippen MR) is 86.3 cm³/mol. The van der Waals surface area contributed by atoms with Gasteiger partial charge in [0, 0.05) is 16.7 Å². The zero-order chi connectivity index (χ0) is 17.0. The molecule has 2 aromatic carbocycles. The molecule has 9 heteroatoms. The van der Waals surface area contributed by atoms with Crippen LogP contribution < -0.4 is 5.43 Å². The highest BCUT2D eigenvalue weighted by atomic mass is 35.5. The molecule has 0 heterocycles. The Labute approximate surface area is 140 Å². The molecule has 0 saturated heterocycles. The van der Waals surface area contributed by atoms with Gasteiger partial charge in [-0.05, 0) is 30.3 Å². The van der Waals surface area contributed by atoms with Crippen molar-refractivity contribution in [3.63, 3.8) is 0 Å². The maximum Gasteiger partial charge on any atom is 0.311 e. The van der Waals surface area contributed by atoms with Gasteiger partial charge in [0.1, 0.15) is 0 Å². The van der Waals surface area contributed by atoms with E-state index in [2.05, 4.69) is 10.5 Å². The van der Waals surface area contributed by atoms with Crippen molar-refractivity contribution >= 4 is 41.0 Å². The normalized spacial score (nSPS) is 10.7. The highest BCUT2D eigenvalue weighted by Gasteiger charge is 2.13. The molecule has 0 aliphatic heterocycles. The molecule has 2 N–H and O–H groups in total. The number of carbonyl (C=O) groups is 1. The Morgan fingerprint density at radius 1 is 1.26 bits per heavy atom. The number of phenols is 1. The van der Waals surface area contributed by atoms with Gasteiger partial charge >= 0.3 is 5.69 Å². The van der Waals surface area contributed by atoms with Crippen LogP contribution in [0.4, 0.5) is 5.69 Å². The van der Waals surface area contributed by atoms with E-state index in [0.29, 0.717) is 10.6 Å². The summed E-state index contributed by atoms with van der Waals surface area (Å²) >= 11 is 11.7. The van der Waals surface area contributed by atoms with Gasteiger partial charge in [0.15, 0.2) is 5.75 Å². The average Bonchev–Trinajstić information content (AvgIpc) is 2.51. The highest BCUT2D eigenvalue weighted by molar-refractivity contribution is 6.35. The molecule has 0 saturated carbocycles. The van der Waals surface area contributed by atoms with Crippen molar-refractivity contribution in [2.75, 3.05) is 0 Å². The van der Waals surface area contributed by atoms with Crippen LogP contribution in [0.25, 0.3) is 0 Å². The molecule has 0 aliphatic carbocycles. The van der Waals surface area contributed by atoms with Crippen molar-refractivity contribution in [3.8, 4) is 5.75 Å². The van der Waals surface area contributed by atoms with Crippen molar-refractivity contribution < 1.29 is 14.8 Å². The van der Waals surface area contributed by atoms with E-state index in [-0.39, 0.29) is 10.6 Å². The van der Waals surface area contributed by atoms with E-state index in [1.54, 1.807) is 6.07 Å². The molecule has 7 nitrogen and oxygen atoms in total. The first-order chi connectivity index (χ1) is 10.9. The predicted octanol–water partition coefficient (Wildman–Crippen LogP) is 3.37. The number of nitrogens with one attached hydrogen (secondary N) is 1. The van der Waals surface area contributed by atoms with E-state index in [1.165, 1.54) is 24.4 Å². The van der Waals surface area contributed by atoms with E-state index in [9.17, 15) is 20.0 Å². The second-order valence-corrected chi connectivity index (χ2v) is 5.17. The van der Waals surface area contributed by atoms with Gasteiger partial charge < -0.3 is 5.11 Å². The number of halogens is 2. The number of nitro benzene ring substituents is 1. The number of amides is 1. The van der Waals surface area contributed by atoms with Crippen LogP contribution in [0.5, 0.6) is 5.75 Å². The second-order valence-electron chi connectivity index (χ2n) is 4.33. The molecule has 0 spiro atoms. The van der Waals surface area contributed by atoms with Crippen molar-refractivity contribution in [1.29, 1.82) is 0 Å². The largest absolute Gasteiger partial charge is 0.502 e. The SMILES string of the molecule is O=C(N/N=C\c1ccc(O)c([N+](=O)[O-])c1)c1cc(Cl)ccc1Cl. The van der Waals surface area contributed by atoms with E-state index in [1.807, 2.05) is 0 Å². The zero-order valence-corrected chi connectivity index (χ0v) is 12.9. The molecular formula is C14H9Cl2N3O4. The summed E-state index contributed by atoms with van der Waals surface area (Å²) in [6.07, 6.45) is 1.20. The van der Waals surface area contributed by atoms with Gasteiger partial charge in [-0.3, -0.25) is 14.9 Å². The van der Waals surface area contributed by atoms with Gasteiger partial charge in [-0.1, -0.05) is 23.2 Å². The molecule has 2 rings (SSSR count). The topological polar surface area (TPSA) is 105 Å². The first kappa shape index (κ1) is 16.7. The molecule has 0 aromatic heterocycles. The highest BCUT2D eigenvalue weighted by Crippen LogP contribution is 2.25. The molecule has 2 aromatic rings. The third kappa shape index (κ3) is 4.18. The minimum absolute atomic E-state index is 0.146. The molecule has 0 atom stereocenters. The summed E-state index contributed by atoms with van der Waals surface area (Å²) in [5.41, 5.74) is 2.25. The Hall–Kier alpha value is -2.64. The first-order valence-corrected chi connectivity index (χ1v) is 6.90. The number of nitrogens with zero attached hydrogens (tertiary/aromatic N) is 2. The van der Waals surface area contributed by atoms with Crippen LogP contribution in [0, 0.1) is 10.1 Å². The standard InChI is InChI=1S/C14H9Cl2N3O4/c15-9-2-3-11(16)10(6-9)14(21)18-17-7-8-1-4-13(20)12(5-8)19(22)23/h1-7,20H,(H,18,21)/b17-7-. The number of nitro groups is 1. The molecule has 0 unspecified atom stereocenters. The van der Waals surface area contributed by atoms with Gasteiger partial charge in [-0.15, -0.1) is 0 Å². The van der Waals surface area contributed by atoms with Crippen LogP contribution >= 0.6 is 23.2 Å². The lowest BCUT2D eigenvalue weighted by Crippen LogP contribution is -2.18. The fourth-order valence-corrected chi connectivity index (χ4v) is 2.04. The summed E-state index contributed by atoms with van der Waals surface area (Å²) in [4.78, 5) is 21.9. The Bertz CT molecular complexity index is 809. The van der Waals surface area contributed by atoms with Gasteiger partial charge in [-0.25, -0.2) is 5.43 Å². The van der Waals surface area contributed by atoms with Crippen LogP contribution in [-0.2, 0) is 0 Å². The summed E-state index contributed by atoms with van der Waals surface area (Å²) in [5.74, 6) is -1.04. The lowest BCUT2D eigenvalue weighted by molar-refractivity contribution is -0.385. The zero-order valence-electron chi connectivity index (χ0n) is 11.4. The van der Waals surface area contributed by atoms with Crippen molar-refractivity contribution in [1.82, 2.24) is 5.43 Å². The third-order valence-electron chi connectivity index (χ3n) is 2.75. The number of phenolic OH excluding ortho intramolecular Hbond substituents is 1. The number of aromatic hydroxyl groups is 1. The van der Waals surface area contributed by atoms with E-state index >= 15 is 0 Å². The fourth-order valence-electron chi connectivity index (χ4n) is 1.66. The fraction of sp³-hybridized carbons (Fsp3) is 0. The lowest BCUT2D eigenvalue weighted by atomic mass is 10.2. The van der Waals surface area contributed by atoms with Gasteiger partial charge in [0.2, 0.25) is 0 Å². The van der Waals surface area contributed by atoms with Crippen molar-refractivity contribution in [2.24, 2.45) is 5.10 Å². The Morgan fingerprint density at radius 3 is 2.70 bits per heavy atom. The maximum atomic E-state index is 11.9. The third-order valence-corrected chi connectivity index (χ3v) is 3.31. The van der Waals surface area contributed by atoms with Crippen LogP contribution in [0.1, 0.15) is 15.9 Å². The van der Waals surface area contributed by atoms with E-state index in [4.69, 9.17) is 23.2 Å². The summed E-state index contributed by atoms with van der Waals surface area (Å²) in [5, 5.41) is 24.3. The molecule has 23 heavy (non-hydrogen) atoms. The minimum Gasteiger partial charge on any atom is -0.502 e. The van der Waals surface area contributed by atoms with Gasteiger partial charge in [0.25, 0.3) is 5.91 Å². The first-order valence-electron chi connectivity index (χ1n) is 6.14. The molecule has 0 aliphatic rings. The molecule has 0 radical (unpaired) electrons. The second kappa shape index (κ2) is 7.08. The minimum atomic E-state index is -0.725. The van der Waals surface area contributed by atoms with Crippen LogP contribution in [0.2, 0.25) is 10.0 Å². The van der Waals surface area contributed by atoms with Crippen molar-refractivity contribution in [3.05, 3.63) is 67.7 Å². The summed E-state index contributed by atoms with van der Waals surface area (Å²) < 4.78 is 0. The Balaban J connectivity index is 2.13. The van der Waals surface area contributed by atoms with Gasteiger partial charge in [0.05, 0.1) is 21.7 Å². The number of hydrogen-bond donors (Lipinski definition) is 2. The monoisotopic (exact) mass is 353 g/mol. The van der Waals surface area contributed by atoms with Gasteiger partial charge in [-0.2, -0.15) is 5.10 Å². The van der Waals surface area contributed by atoms with Crippen LogP contribution in [-0.4, -0.2) is 22.2 Å². The smallest absolute Gasteiger partial charge is 0.311 e. The summed E-state index contributed by atoms with van der Waals surface area (Å²) in [6, 6.07) is 8.10. The number of hydrazone groups is 1. The molecule has 1 amide bonds. The molecular weight excluding hydrogens is 345 g/mol. The average molecular weight is 354 g/mol. The molecule has 118 valence electrons. The Kier molecular flexibility index (Phi) is 5.15. The number of rotatable bonds is 4. The van der Waals surface area contributed by atoms with Crippen molar-refractivity contribution in [2.45, 2.75) is 0 Å².